The van der Waals surface area contributed by atoms with E-state index in [1.165, 1.54) is 32.1 Å². The molecule has 0 spiro atoms. The number of ether oxygens (including phenoxy) is 1. The maximum absolute atomic E-state index is 13.7. The van der Waals surface area contributed by atoms with Crippen molar-refractivity contribution < 1.29 is 9.53 Å². The second kappa shape index (κ2) is 15.5. The average molecular weight is 752 g/mol. The quantitative estimate of drug-likeness (QED) is 0.240. The van der Waals surface area contributed by atoms with E-state index in [0.717, 1.165) is 68.5 Å². The van der Waals surface area contributed by atoms with Crippen LogP contribution >= 0.6 is 69.6 Å². The zero-order valence-electron chi connectivity index (χ0n) is 26.7. The smallest absolute Gasteiger partial charge is 0.227 e. The molecular formula is C35H45Cl6N3O2. The van der Waals surface area contributed by atoms with Crippen LogP contribution < -0.4 is 4.74 Å². The monoisotopic (exact) mass is 749 g/mol. The minimum absolute atomic E-state index is 0.0610. The van der Waals surface area contributed by atoms with Crippen LogP contribution in [0.4, 0.5) is 0 Å². The van der Waals surface area contributed by atoms with Crippen molar-refractivity contribution in [3.63, 3.8) is 0 Å². The van der Waals surface area contributed by atoms with Crippen LogP contribution in [0.2, 0.25) is 0 Å². The summed E-state index contributed by atoms with van der Waals surface area (Å²) in [5, 5.41) is 0. The number of carbonyl (C=O) groups excluding carboxylic acids is 1. The van der Waals surface area contributed by atoms with E-state index < -0.39 is 7.59 Å². The second-order valence-electron chi connectivity index (χ2n) is 13.5. The highest BCUT2D eigenvalue weighted by Gasteiger charge is 2.44. The largest absolute Gasteiger partial charge is 0.491 e. The van der Waals surface area contributed by atoms with Crippen molar-refractivity contribution in [3.05, 3.63) is 64.7 Å². The molecule has 0 aromatic heterocycles. The van der Waals surface area contributed by atoms with Gasteiger partial charge in [-0.25, -0.2) is 0 Å². The third kappa shape index (κ3) is 9.33. The maximum atomic E-state index is 13.7. The second-order valence-corrected chi connectivity index (χ2v) is 18.1. The molecule has 5 rings (SSSR count). The molecule has 2 aromatic carbocycles. The van der Waals surface area contributed by atoms with Crippen LogP contribution in [0.3, 0.4) is 0 Å². The topological polar surface area (TPSA) is 36.0 Å². The minimum Gasteiger partial charge on any atom is -0.491 e. The fourth-order valence-electron chi connectivity index (χ4n) is 7.48. The number of halogens is 6. The Hall–Kier alpha value is -0.630. The minimum atomic E-state index is -1.79. The molecule has 1 saturated carbocycles. The highest BCUT2D eigenvalue weighted by molar-refractivity contribution is 6.69. The van der Waals surface area contributed by atoms with Crippen molar-refractivity contribution in [1.29, 1.82) is 0 Å². The lowest BCUT2D eigenvalue weighted by Gasteiger charge is -2.42. The number of benzene rings is 2. The molecule has 2 aromatic rings. The van der Waals surface area contributed by atoms with E-state index in [4.69, 9.17) is 74.3 Å². The van der Waals surface area contributed by atoms with Crippen molar-refractivity contribution in [2.45, 2.75) is 90.4 Å². The Labute approximate surface area is 304 Å². The van der Waals surface area contributed by atoms with E-state index in [0.29, 0.717) is 30.6 Å². The van der Waals surface area contributed by atoms with Crippen molar-refractivity contribution in [3.8, 4) is 5.75 Å². The number of nitrogens with zero attached hydrogens (tertiary/aromatic N) is 3. The summed E-state index contributed by atoms with van der Waals surface area (Å²) in [5.41, 5.74) is 2.28. The van der Waals surface area contributed by atoms with Gasteiger partial charge in [-0.15, -0.1) is 0 Å². The Morgan fingerprint density at radius 1 is 0.891 bits per heavy atom. The van der Waals surface area contributed by atoms with Crippen LogP contribution in [0.25, 0.3) is 0 Å². The van der Waals surface area contributed by atoms with Gasteiger partial charge in [0.1, 0.15) is 5.75 Å². The van der Waals surface area contributed by atoms with Gasteiger partial charge in [0.15, 0.2) is 0 Å². The average Bonchev–Trinajstić information content (AvgIpc) is 3.45. The van der Waals surface area contributed by atoms with E-state index in [-0.39, 0.29) is 17.4 Å². The van der Waals surface area contributed by atoms with Crippen LogP contribution in [-0.4, -0.2) is 78.6 Å². The molecule has 1 amide bonds. The molecule has 0 N–H and O–H groups in total. The van der Waals surface area contributed by atoms with Gasteiger partial charge < -0.3 is 14.5 Å². The van der Waals surface area contributed by atoms with Gasteiger partial charge >= 0.3 is 0 Å². The lowest BCUT2D eigenvalue weighted by molar-refractivity contribution is -0.129. The van der Waals surface area contributed by atoms with E-state index in [1.54, 1.807) is 6.07 Å². The molecule has 1 atom stereocenters. The molecule has 2 aliphatic heterocycles. The molecule has 2 heterocycles. The summed E-state index contributed by atoms with van der Waals surface area (Å²) in [7, 11) is 0. The van der Waals surface area contributed by atoms with Crippen LogP contribution in [0.1, 0.15) is 81.0 Å². The fraction of sp³-hybridized carbons (Fsp3) is 0.629. The number of hydrogen-bond donors (Lipinski definition) is 0. The normalized spacial score (nSPS) is 22.5. The highest BCUT2D eigenvalue weighted by atomic mass is 35.6. The molecule has 0 bridgehead atoms. The Kier molecular flexibility index (Phi) is 12.4. The summed E-state index contributed by atoms with van der Waals surface area (Å²) in [4.78, 5) is 21.0. The first-order valence-corrected chi connectivity index (χ1v) is 18.8. The van der Waals surface area contributed by atoms with Crippen molar-refractivity contribution in [2.75, 3.05) is 45.8 Å². The first kappa shape index (κ1) is 36.6. The molecule has 1 aliphatic carbocycles. The Morgan fingerprint density at radius 2 is 1.59 bits per heavy atom. The highest BCUT2D eigenvalue weighted by Crippen LogP contribution is 2.50. The summed E-state index contributed by atoms with van der Waals surface area (Å²) in [6.07, 6.45) is 8.77. The van der Waals surface area contributed by atoms with Gasteiger partial charge in [0.2, 0.25) is 13.5 Å². The third-order valence-corrected chi connectivity index (χ3v) is 11.2. The lowest BCUT2D eigenvalue weighted by atomic mass is 9.75. The number of likely N-dealkylation sites (tertiary alicyclic amines) is 1. The Balaban J connectivity index is 1.35. The van der Waals surface area contributed by atoms with Gasteiger partial charge in [0.25, 0.3) is 0 Å². The van der Waals surface area contributed by atoms with E-state index >= 15 is 0 Å². The van der Waals surface area contributed by atoms with Crippen molar-refractivity contribution >= 4 is 75.5 Å². The van der Waals surface area contributed by atoms with E-state index in [2.05, 4.69) is 9.80 Å². The number of rotatable bonds is 9. The SMILES string of the molecule is CC(C)Oc1cccc(CC(=O)N2CCC(CCN3CCN(C4CCCCC4)CC3)(c3ccc(C(Cl)(Cl)Cl)c(C(Cl)(Cl)Cl)c3)C2)c1. The summed E-state index contributed by atoms with van der Waals surface area (Å²) in [6, 6.07) is 14.2. The molecule has 0 radical (unpaired) electrons. The molecule has 5 nitrogen and oxygen atoms in total. The van der Waals surface area contributed by atoms with Gasteiger partial charge in [-0.2, -0.15) is 0 Å². The maximum Gasteiger partial charge on any atom is 0.227 e. The Bertz CT molecular complexity index is 1330. The fourth-order valence-corrected chi connectivity index (χ4v) is 8.45. The number of alkyl halides is 6. The molecule has 2 saturated heterocycles. The van der Waals surface area contributed by atoms with Gasteiger partial charge in [-0.05, 0) is 69.3 Å². The van der Waals surface area contributed by atoms with Gasteiger partial charge in [-0.1, -0.05) is 119 Å². The number of piperazine rings is 1. The number of amides is 1. The summed E-state index contributed by atoms with van der Waals surface area (Å²) < 4.78 is 2.32. The first-order valence-electron chi connectivity index (χ1n) is 16.5. The predicted molar refractivity (Wildman–Crippen MR) is 193 cm³/mol. The number of hydrogen-bond acceptors (Lipinski definition) is 4. The predicted octanol–water partition coefficient (Wildman–Crippen LogP) is 9.18. The standard InChI is InChI=1S/C35H45Cl6N3O2/c1-25(2)46-29-10-6-7-26(21-29)22-32(45)44-16-14-33(24-44,27-11-12-30(34(36,37)38)31(23-27)35(39,40)41)13-15-42-17-19-43(20-18-42)28-8-4-3-5-9-28/h6-7,10-12,21,23,25,28H,3-5,8-9,13-20,22,24H2,1-2H3. The first-order chi connectivity index (χ1) is 21.7. The molecule has 46 heavy (non-hydrogen) atoms. The van der Waals surface area contributed by atoms with Gasteiger partial charge in [-0.3, -0.25) is 9.69 Å². The van der Waals surface area contributed by atoms with Crippen LogP contribution in [-0.2, 0) is 24.2 Å². The summed E-state index contributed by atoms with van der Waals surface area (Å²) >= 11 is 38.3. The Morgan fingerprint density at radius 3 is 2.24 bits per heavy atom. The zero-order chi connectivity index (χ0) is 33.1. The molecule has 254 valence electrons. The van der Waals surface area contributed by atoms with Crippen LogP contribution in [0.15, 0.2) is 42.5 Å². The molecule has 3 fully saturated rings. The molecule has 3 aliphatic rings. The zero-order valence-corrected chi connectivity index (χ0v) is 31.3. The number of carbonyl (C=O) groups is 1. The lowest BCUT2D eigenvalue weighted by Crippen LogP contribution is -2.51. The third-order valence-electron chi connectivity index (χ3n) is 9.98. The van der Waals surface area contributed by atoms with Gasteiger partial charge in [0.05, 0.1) is 12.5 Å². The van der Waals surface area contributed by atoms with E-state index in [1.807, 2.05) is 55.1 Å². The van der Waals surface area contributed by atoms with Gasteiger partial charge in [0, 0.05) is 61.9 Å². The van der Waals surface area contributed by atoms with Crippen molar-refractivity contribution in [2.24, 2.45) is 0 Å². The molecule has 11 heteroatoms. The summed E-state index contributed by atoms with van der Waals surface area (Å²) in [5.74, 6) is 0.858. The van der Waals surface area contributed by atoms with Crippen LogP contribution in [0.5, 0.6) is 5.75 Å². The molecule has 1 unspecified atom stereocenters. The summed E-state index contributed by atoms with van der Waals surface area (Å²) in [6.45, 7) is 10.4. The van der Waals surface area contributed by atoms with Crippen molar-refractivity contribution in [1.82, 2.24) is 14.7 Å². The van der Waals surface area contributed by atoms with Crippen LogP contribution in [0, 0.1) is 0 Å². The molecular weight excluding hydrogens is 707 g/mol. The van der Waals surface area contributed by atoms with E-state index in [9.17, 15) is 4.79 Å².